The Kier molecular flexibility index (Phi) is 6.04. The summed E-state index contributed by atoms with van der Waals surface area (Å²) < 4.78 is 13.1. The molecular formula is C20H21ClFN3O3. The molecule has 3 N–H and O–H groups in total. The second-order valence-corrected chi connectivity index (χ2v) is 7.26. The maximum atomic E-state index is 13.1. The van der Waals surface area contributed by atoms with Gasteiger partial charge in [0.2, 0.25) is 0 Å². The summed E-state index contributed by atoms with van der Waals surface area (Å²) in [5, 5.41) is 15.4. The van der Waals surface area contributed by atoms with E-state index in [1.807, 2.05) is 13.0 Å². The van der Waals surface area contributed by atoms with Crippen LogP contribution in [0.25, 0.3) is 0 Å². The monoisotopic (exact) mass is 405 g/mol. The van der Waals surface area contributed by atoms with Gasteiger partial charge in [0.1, 0.15) is 5.82 Å². The molecule has 2 aromatic rings. The van der Waals surface area contributed by atoms with Gasteiger partial charge in [-0.15, -0.1) is 0 Å². The van der Waals surface area contributed by atoms with Crippen molar-refractivity contribution in [3.63, 3.8) is 0 Å². The summed E-state index contributed by atoms with van der Waals surface area (Å²) in [6.07, 6.45) is 0.516. The first kappa shape index (κ1) is 19.9. The number of piperidine rings is 1. The van der Waals surface area contributed by atoms with Crippen LogP contribution in [-0.4, -0.2) is 40.6 Å². The Balaban J connectivity index is 1.64. The molecule has 28 heavy (non-hydrogen) atoms. The highest BCUT2D eigenvalue weighted by atomic mass is 35.5. The van der Waals surface area contributed by atoms with E-state index in [2.05, 4.69) is 10.6 Å². The summed E-state index contributed by atoms with van der Waals surface area (Å²) in [6, 6.07) is 10.9. The number of carbonyl (C=O) groups is 2. The van der Waals surface area contributed by atoms with Gasteiger partial charge in [-0.05, 0) is 56.2 Å². The van der Waals surface area contributed by atoms with Gasteiger partial charge in [0.25, 0.3) is 5.91 Å². The van der Waals surface area contributed by atoms with E-state index in [1.54, 1.807) is 18.2 Å². The Morgan fingerprint density at radius 3 is 2.64 bits per heavy atom. The van der Waals surface area contributed by atoms with Crippen molar-refractivity contribution < 1.29 is 19.1 Å². The number of likely N-dealkylation sites (tertiary alicyclic amines) is 1. The minimum atomic E-state index is -0.893. The highest BCUT2D eigenvalue weighted by Gasteiger charge is 2.28. The summed E-state index contributed by atoms with van der Waals surface area (Å²) in [5.41, 5.74) is 1.59. The van der Waals surface area contributed by atoms with Gasteiger partial charge in [-0.1, -0.05) is 17.7 Å². The van der Waals surface area contributed by atoms with Gasteiger partial charge in [-0.2, -0.15) is 0 Å². The van der Waals surface area contributed by atoms with Crippen LogP contribution in [0, 0.1) is 5.82 Å². The lowest BCUT2D eigenvalue weighted by Crippen LogP contribution is -2.47. The van der Waals surface area contributed by atoms with Crippen LogP contribution in [0.1, 0.15) is 30.1 Å². The van der Waals surface area contributed by atoms with Gasteiger partial charge >= 0.3 is 6.09 Å². The minimum absolute atomic E-state index is 0.0472. The van der Waals surface area contributed by atoms with Gasteiger partial charge in [0, 0.05) is 30.0 Å². The summed E-state index contributed by atoms with van der Waals surface area (Å²) in [5.74, 6) is -0.929. The Hall–Kier alpha value is -2.80. The maximum Gasteiger partial charge on any atom is 0.407 e. The number of carboxylic acid groups (broad SMARTS) is 1. The van der Waals surface area contributed by atoms with E-state index < -0.39 is 17.8 Å². The highest BCUT2D eigenvalue weighted by Crippen LogP contribution is 2.24. The standard InChI is InChI=1S/C20H21ClFN3O3/c1-12-9-16(7-8-25(12)20(27)28)23-14-3-2-4-15(11-14)24-19(26)17-6-5-13(22)10-18(17)21/h2-6,10-12,16,23H,7-9H2,1H3,(H,24,26)(H,27,28). The van der Waals surface area contributed by atoms with E-state index in [1.165, 1.54) is 17.0 Å². The zero-order chi connectivity index (χ0) is 20.3. The average Bonchev–Trinajstić information content (AvgIpc) is 2.61. The number of nitrogens with one attached hydrogen (secondary N) is 2. The topological polar surface area (TPSA) is 81.7 Å². The Bertz CT molecular complexity index is 893. The summed E-state index contributed by atoms with van der Waals surface area (Å²) in [6.45, 7) is 2.37. The highest BCUT2D eigenvalue weighted by molar-refractivity contribution is 6.34. The van der Waals surface area contributed by atoms with Crippen molar-refractivity contribution in [2.24, 2.45) is 0 Å². The van der Waals surface area contributed by atoms with Crippen molar-refractivity contribution >= 4 is 35.0 Å². The summed E-state index contributed by atoms with van der Waals surface area (Å²) in [7, 11) is 0. The predicted molar refractivity (Wildman–Crippen MR) is 107 cm³/mol. The lowest BCUT2D eigenvalue weighted by atomic mass is 9.98. The van der Waals surface area contributed by atoms with Gasteiger partial charge in [0.15, 0.2) is 0 Å². The lowest BCUT2D eigenvalue weighted by molar-refractivity contribution is 0.102. The molecule has 2 unspecified atom stereocenters. The maximum absolute atomic E-state index is 13.1. The van der Waals surface area contributed by atoms with Crippen molar-refractivity contribution in [2.45, 2.75) is 31.8 Å². The molecule has 0 aliphatic carbocycles. The summed E-state index contributed by atoms with van der Waals surface area (Å²) in [4.78, 5) is 25.0. The van der Waals surface area contributed by atoms with Crippen LogP contribution in [0.2, 0.25) is 5.02 Å². The Labute approximate surface area is 167 Å². The van der Waals surface area contributed by atoms with Gasteiger partial charge in [-0.25, -0.2) is 9.18 Å². The average molecular weight is 406 g/mol. The lowest BCUT2D eigenvalue weighted by Gasteiger charge is -2.36. The number of hydrogen-bond acceptors (Lipinski definition) is 3. The molecule has 2 atom stereocenters. The molecule has 0 bridgehead atoms. The summed E-state index contributed by atoms with van der Waals surface area (Å²) >= 11 is 5.94. The zero-order valence-corrected chi connectivity index (χ0v) is 16.0. The molecule has 0 radical (unpaired) electrons. The van der Waals surface area contributed by atoms with E-state index in [4.69, 9.17) is 16.7 Å². The fourth-order valence-electron chi connectivity index (χ4n) is 3.38. The third-order valence-corrected chi connectivity index (χ3v) is 5.10. The second kappa shape index (κ2) is 8.48. The molecule has 1 aliphatic rings. The van der Waals surface area contributed by atoms with Crippen LogP contribution >= 0.6 is 11.6 Å². The van der Waals surface area contributed by atoms with Crippen molar-refractivity contribution in [2.75, 3.05) is 17.2 Å². The van der Waals surface area contributed by atoms with Crippen molar-refractivity contribution in [3.8, 4) is 0 Å². The van der Waals surface area contributed by atoms with Crippen LogP contribution in [0.4, 0.5) is 20.6 Å². The molecule has 6 nitrogen and oxygen atoms in total. The number of rotatable bonds is 4. The number of hydrogen-bond donors (Lipinski definition) is 3. The Morgan fingerprint density at radius 2 is 1.96 bits per heavy atom. The molecule has 1 aliphatic heterocycles. The second-order valence-electron chi connectivity index (χ2n) is 6.85. The SMILES string of the molecule is CC1CC(Nc2cccc(NC(=O)c3ccc(F)cc3Cl)c2)CCN1C(=O)O. The van der Waals surface area contributed by atoms with Crippen LogP contribution in [0.5, 0.6) is 0 Å². The third kappa shape index (κ3) is 4.72. The molecule has 2 aromatic carbocycles. The number of anilines is 2. The Morgan fingerprint density at radius 1 is 1.21 bits per heavy atom. The van der Waals surface area contributed by atoms with E-state index in [-0.39, 0.29) is 22.7 Å². The largest absolute Gasteiger partial charge is 0.465 e. The molecule has 2 amide bonds. The van der Waals surface area contributed by atoms with Crippen molar-refractivity contribution in [1.82, 2.24) is 4.90 Å². The minimum Gasteiger partial charge on any atom is -0.465 e. The molecule has 1 fully saturated rings. The fraction of sp³-hybridized carbons (Fsp3) is 0.300. The molecule has 3 rings (SSSR count). The van der Waals surface area contributed by atoms with Crippen LogP contribution in [-0.2, 0) is 0 Å². The number of halogens is 2. The van der Waals surface area contributed by atoms with E-state index in [9.17, 15) is 14.0 Å². The molecule has 0 aromatic heterocycles. The zero-order valence-electron chi connectivity index (χ0n) is 15.3. The van der Waals surface area contributed by atoms with E-state index in [0.717, 1.165) is 11.8 Å². The molecule has 8 heteroatoms. The van der Waals surface area contributed by atoms with E-state index in [0.29, 0.717) is 25.1 Å². The van der Waals surface area contributed by atoms with Gasteiger partial charge < -0.3 is 20.6 Å². The number of carbonyl (C=O) groups excluding carboxylic acids is 1. The third-order valence-electron chi connectivity index (χ3n) is 4.79. The van der Waals surface area contributed by atoms with Crippen LogP contribution < -0.4 is 10.6 Å². The van der Waals surface area contributed by atoms with Gasteiger partial charge in [-0.3, -0.25) is 4.79 Å². The molecule has 0 spiro atoms. The first-order chi connectivity index (χ1) is 13.3. The first-order valence-corrected chi connectivity index (χ1v) is 9.34. The van der Waals surface area contributed by atoms with Crippen molar-refractivity contribution in [1.29, 1.82) is 0 Å². The molecule has 1 heterocycles. The van der Waals surface area contributed by atoms with Gasteiger partial charge in [0.05, 0.1) is 10.6 Å². The normalized spacial score (nSPS) is 19.2. The molecule has 0 saturated carbocycles. The molecule has 1 saturated heterocycles. The van der Waals surface area contributed by atoms with Crippen LogP contribution in [0.15, 0.2) is 42.5 Å². The molecular weight excluding hydrogens is 385 g/mol. The quantitative estimate of drug-likeness (QED) is 0.690. The fourth-order valence-corrected chi connectivity index (χ4v) is 3.63. The number of amides is 2. The first-order valence-electron chi connectivity index (χ1n) is 8.96. The molecule has 148 valence electrons. The van der Waals surface area contributed by atoms with E-state index >= 15 is 0 Å². The number of benzene rings is 2. The van der Waals surface area contributed by atoms with Crippen molar-refractivity contribution in [3.05, 3.63) is 58.9 Å². The smallest absolute Gasteiger partial charge is 0.407 e. The predicted octanol–water partition coefficient (Wildman–Crippen LogP) is 4.67. The van der Waals surface area contributed by atoms with Crippen LogP contribution in [0.3, 0.4) is 0 Å². The number of nitrogens with zero attached hydrogens (tertiary/aromatic N) is 1.